The SMILES string of the molecule is C=Cn1c2c(c3ccc(Br)cc31)CCN1CCCCCC21. The largest absolute Gasteiger partial charge is 0.319 e. The van der Waals surface area contributed by atoms with E-state index in [0.29, 0.717) is 6.04 Å². The van der Waals surface area contributed by atoms with Gasteiger partial charge in [-0.1, -0.05) is 41.4 Å². The van der Waals surface area contributed by atoms with Gasteiger partial charge >= 0.3 is 0 Å². The van der Waals surface area contributed by atoms with Crippen molar-refractivity contribution in [2.75, 3.05) is 13.1 Å². The number of hydrogen-bond donors (Lipinski definition) is 0. The minimum atomic E-state index is 0.584. The number of nitrogens with zero attached hydrogens (tertiary/aromatic N) is 2. The van der Waals surface area contributed by atoms with Crippen LogP contribution in [0, 0.1) is 0 Å². The average molecular weight is 345 g/mol. The van der Waals surface area contributed by atoms with Crippen LogP contribution in [0.4, 0.5) is 0 Å². The van der Waals surface area contributed by atoms with Crippen LogP contribution in [0.15, 0.2) is 29.3 Å². The van der Waals surface area contributed by atoms with Crippen molar-refractivity contribution in [2.24, 2.45) is 0 Å². The second-order valence-corrected chi connectivity index (χ2v) is 7.14. The molecule has 0 bridgehead atoms. The van der Waals surface area contributed by atoms with E-state index in [2.05, 4.69) is 50.2 Å². The van der Waals surface area contributed by atoms with Crippen molar-refractivity contribution in [1.82, 2.24) is 9.47 Å². The highest BCUT2D eigenvalue weighted by atomic mass is 79.9. The summed E-state index contributed by atoms with van der Waals surface area (Å²) in [5.74, 6) is 0. The van der Waals surface area contributed by atoms with Crippen molar-refractivity contribution >= 4 is 33.0 Å². The predicted molar refractivity (Wildman–Crippen MR) is 92.5 cm³/mol. The summed E-state index contributed by atoms with van der Waals surface area (Å²) < 4.78 is 3.49. The number of benzene rings is 1. The molecule has 1 aromatic heterocycles. The molecule has 0 N–H and O–H groups in total. The molecule has 2 aliphatic heterocycles. The summed E-state index contributed by atoms with van der Waals surface area (Å²) in [5.41, 5.74) is 4.36. The lowest BCUT2D eigenvalue weighted by Crippen LogP contribution is -2.35. The molecule has 0 aliphatic carbocycles. The Labute approximate surface area is 134 Å². The average Bonchev–Trinajstić information content (AvgIpc) is 2.65. The van der Waals surface area contributed by atoms with E-state index in [-0.39, 0.29) is 0 Å². The molecule has 1 unspecified atom stereocenters. The van der Waals surface area contributed by atoms with E-state index in [1.54, 1.807) is 5.56 Å². The standard InChI is InChI=1S/C18H21BrN2/c1-2-21-17-12-13(19)7-8-14(17)15-9-11-20-10-5-3-4-6-16(20)18(15)21/h2,7-8,12,16H,1,3-6,9-11H2. The first-order valence-corrected chi connectivity index (χ1v) is 8.77. The van der Waals surface area contributed by atoms with Crippen molar-refractivity contribution in [3.63, 3.8) is 0 Å². The molecule has 21 heavy (non-hydrogen) atoms. The molecule has 0 amide bonds. The minimum Gasteiger partial charge on any atom is -0.319 e. The zero-order chi connectivity index (χ0) is 14.4. The molecule has 1 atom stereocenters. The molecule has 3 heterocycles. The molecule has 4 rings (SSSR count). The zero-order valence-corrected chi connectivity index (χ0v) is 13.9. The smallest absolute Gasteiger partial charge is 0.0539 e. The summed E-state index contributed by atoms with van der Waals surface area (Å²) >= 11 is 3.61. The first-order valence-electron chi connectivity index (χ1n) is 7.98. The fraction of sp³-hybridized carbons (Fsp3) is 0.444. The Morgan fingerprint density at radius 3 is 2.95 bits per heavy atom. The lowest BCUT2D eigenvalue weighted by Gasteiger charge is -2.35. The summed E-state index contributed by atoms with van der Waals surface area (Å²) in [6.07, 6.45) is 8.54. The van der Waals surface area contributed by atoms with Crippen LogP contribution in [0.25, 0.3) is 17.1 Å². The Hall–Kier alpha value is -1.06. The van der Waals surface area contributed by atoms with Crippen molar-refractivity contribution in [2.45, 2.75) is 38.1 Å². The van der Waals surface area contributed by atoms with Gasteiger partial charge in [-0.05, 0) is 43.5 Å². The van der Waals surface area contributed by atoms with Gasteiger partial charge in [0.25, 0.3) is 0 Å². The normalized spacial score (nSPS) is 22.6. The first kappa shape index (κ1) is 13.6. The van der Waals surface area contributed by atoms with Gasteiger partial charge < -0.3 is 4.57 Å². The molecule has 1 fully saturated rings. The molecule has 1 saturated heterocycles. The fourth-order valence-corrected chi connectivity index (χ4v) is 4.54. The lowest BCUT2D eigenvalue weighted by molar-refractivity contribution is 0.185. The van der Waals surface area contributed by atoms with Crippen molar-refractivity contribution in [1.29, 1.82) is 0 Å². The quantitative estimate of drug-likeness (QED) is 0.708. The number of hydrogen-bond acceptors (Lipinski definition) is 1. The Morgan fingerprint density at radius 1 is 1.19 bits per heavy atom. The van der Waals surface area contributed by atoms with E-state index in [1.807, 2.05) is 6.20 Å². The van der Waals surface area contributed by atoms with Gasteiger partial charge in [-0.2, -0.15) is 0 Å². The second kappa shape index (κ2) is 5.29. The van der Waals surface area contributed by atoms with Crippen molar-refractivity contribution < 1.29 is 0 Å². The van der Waals surface area contributed by atoms with Crippen LogP contribution in [0.3, 0.4) is 0 Å². The molecule has 110 valence electrons. The molecule has 0 radical (unpaired) electrons. The molecule has 0 saturated carbocycles. The van der Waals surface area contributed by atoms with Gasteiger partial charge in [-0.25, -0.2) is 0 Å². The molecule has 0 spiro atoms. The van der Waals surface area contributed by atoms with E-state index < -0.39 is 0 Å². The van der Waals surface area contributed by atoms with Gasteiger partial charge in [0.1, 0.15) is 0 Å². The second-order valence-electron chi connectivity index (χ2n) is 6.23. The predicted octanol–water partition coefficient (Wildman–Crippen LogP) is 4.98. The van der Waals surface area contributed by atoms with E-state index >= 15 is 0 Å². The van der Waals surface area contributed by atoms with Gasteiger partial charge in [-0.3, -0.25) is 4.90 Å². The van der Waals surface area contributed by atoms with Crippen molar-refractivity contribution in [3.05, 3.63) is 40.5 Å². The maximum atomic E-state index is 4.08. The summed E-state index contributed by atoms with van der Waals surface area (Å²) in [5, 5.41) is 1.41. The van der Waals surface area contributed by atoms with Gasteiger partial charge in [0.05, 0.1) is 11.6 Å². The Bertz CT molecular complexity index is 701. The number of halogens is 1. The highest BCUT2D eigenvalue weighted by Gasteiger charge is 2.32. The number of rotatable bonds is 1. The van der Waals surface area contributed by atoms with E-state index in [4.69, 9.17) is 0 Å². The minimum absolute atomic E-state index is 0.584. The van der Waals surface area contributed by atoms with Gasteiger partial charge in [0.15, 0.2) is 0 Å². The number of fused-ring (bicyclic) bond motifs is 5. The maximum Gasteiger partial charge on any atom is 0.0539 e. The van der Waals surface area contributed by atoms with Gasteiger partial charge in [0.2, 0.25) is 0 Å². The Morgan fingerprint density at radius 2 is 2.10 bits per heavy atom. The third kappa shape index (κ3) is 2.09. The van der Waals surface area contributed by atoms with Crippen LogP contribution >= 0.6 is 15.9 Å². The van der Waals surface area contributed by atoms with Crippen LogP contribution in [0.1, 0.15) is 43.0 Å². The zero-order valence-electron chi connectivity index (χ0n) is 12.3. The van der Waals surface area contributed by atoms with E-state index in [9.17, 15) is 0 Å². The van der Waals surface area contributed by atoms with E-state index in [0.717, 1.165) is 4.47 Å². The maximum absolute atomic E-state index is 4.08. The van der Waals surface area contributed by atoms with Crippen LogP contribution in [-0.2, 0) is 6.42 Å². The highest BCUT2D eigenvalue weighted by Crippen LogP contribution is 2.41. The molecular weight excluding hydrogens is 324 g/mol. The molecular formula is C18H21BrN2. The third-order valence-electron chi connectivity index (χ3n) is 5.12. The van der Waals surface area contributed by atoms with Crippen LogP contribution in [0.2, 0.25) is 0 Å². The molecule has 2 aliphatic rings. The monoisotopic (exact) mass is 344 g/mol. The first-order chi connectivity index (χ1) is 10.3. The third-order valence-corrected chi connectivity index (χ3v) is 5.62. The van der Waals surface area contributed by atoms with Gasteiger partial charge in [0, 0.05) is 28.3 Å². The van der Waals surface area contributed by atoms with Crippen molar-refractivity contribution in [3.8, 4) is 0 Å². The van der Waals surface area contributed by atoms with E-state index in [1.165, 1.54) is 61.8 Å². The molecule has 2 nitrogen and oxygen atoms in total. The molecule has 2 aromatic rings. The van der Waals surface area contributed by atoms with Crippen LogP contribution in [-0.4, -0.2) is 22.6 Å². The fourth-order valence-electron chi connectivity index (χ4n) is 4.19. The van der Waals surface area contributed by atoms with Crippen LogP contribution in [0.5, 0.6) is 0 Å². The summed E-state index contributed by atoms with van der Waals surface area (Å²) in [4.78, 5) is 2.70. The number of aromatic nitrogens is 1. The Kier molecular flexibility index (Phi) is 3.43. The molecule has 1 aromatic carbocycles. The Balaban J connectivity index is 1.96. The summed E-state index contributed by atoms with van der Waals surface area (Å²) in [7, 11) is 0. The summed E-state index contributed by atoms with van der Waals surface area (Å²) in [6, 6.07) is 7.25. The molecule has 3 heteroatoms. The topological polar surface area (TPSA) is 8.17 Å². The summed E-state index contributed by atoms with van der Waals surface area (Å²) in [6.45, 7) is 6.55. The van der Waals surface area contributed by atoms with Gasteiger partial charge in [-0.15, -0.1) is 0 Å². The lowest BCUT2D eigenvalue weighted by atomic mass is 9.95. The van der Waals surface area contributed by atoms with Crippen LogP contribution < -0.4 is 0 Å². The highest BCUT2D eigenvalue weighted by molar-refractivity contribution is 9.10.